The number of rotatable bonds is 6. The second-order valence-corrected chi connectivity index (χ2v) is 6.89. The molecule has 0 radical (unpaired) electrons. The van der Waals surface area contributed by atoms with E-state index < -0.39 is 18.5 Å². The maximum Gasteiger partial charge on any atom is 0.357 e. The molecule has 1 N–H and O–H groups in total. The molecule has 0 aliphatic rings. The predicted octanol–water partition coefficient (Wildman–Crippen LogP) is 3.32. The highest BCUT2D eigenvalue weighted by Gasteiger charge is 2.20. The van der Waals surface area contributed by atoms with E-state index in [2.05, 4.69) is 10.3 Å². The molecule has 2 heterocycles. The standard InChI is InChI=1S/C18H14N4O3S2/c1-26-18-20-10-14(22(18)13-5-3-2-4-6-13)17(24)25-11-15(23)21-16-12(9-19)7-8-27-16/h2-8,10H,11H2,1H3,(H,21,23). The van der Waals surface area contributed by atoms with Crippen LogP contribution in [0.1, 0.15) is 16.1 Å². The molecule has 0 spiro atoms. The Hall–Kier alpha value is -3.09. The van der Waals surface area contributed by atoms with Gasteiger partial charge in [-0.1, -0.05) is 30.0 Å². The molecule has 0 atom stereocenters. The van der Waals surface area contributed by atoms with Gasteiger partial charge in [0, 0.05) is 5.69 Å². The first-order valence-electron chi connectivity index (χ1n) is 7.75. The lowest BCUT2D eigenvalue weighted by Gasteiger charge is -2.10. The van der Waals surface area contributed by atoms with Crippen molar-refractivity contribution in [2.24, 2.45) is 0 Å². The van der Waals surface area contributed by atoms with Crippen LogP contribution in [-0.2, 0) is 9.53 Å². The van der Waals surface area contributed by atoms with Crippen molar-refractivity contribution in [2.75, 3.05) is 18.2 Å². The van der Waals surface area contributed by atoms with E-state index in [9.17, 15) is 9.59 Å². The van der Waals surface area contributed by atoms with Crippen molar-refractivity contribution in [1.82, 2.24) is 9.55 Å². The third kappa shape index (κ3) is 4.19. The predicted molar refractivity (Wildman–Crippen MR) is 103 cm³/mol. The summed E-state index contributed by atoms with van der Waals surface area (Å²) in [5.41, 5.74) is 1.37. The fourth-order valence-electron chi connectivity index (χ4n) is 2.31. The molecule has 3 aromatic rings. The van der Waals surface area contributed by atoms with Gasteiger partial charge in [-0.05, 0) is 29.8 Å². The minimum absolute atomic E-state index is 0.229. The third-order valence-corrected chi connectivity index (χ3v) is 4.99. The van der Waals surface area contributed by atoms with Crippen molar-refractivity contribution >= 4 is 40.0 Å². The maximum atomic E-state index is 12.5. The summed E-state index contributed by atoms with van der Waals surface area (Å²) in [4.78, 5) is 28.7. The van der Waals surface area contributed by atoms with Crippen LogP contribution in [0.4, 0.5) is 5.00 Å². The number of carbonyl (C=O) groups is 2. The normalized spacial score (nSPS) is 10.2. The van der Waals surface area contributed by atoms with Gasteiger partial charge in [-0.25, -0.2) is 9.78 Å². The van der Waals surface area contributed by atoms with Gasteiger partial charge in [-0.15, -0.1) is 11.3 Å². The molecule has 0 bridgehead atoms. The van der Waals surface area contributed by atoms with Crippen LogP contribution in [0.5, 0.6) is 0 Å². The molecule has 9 heteroatoms. The molecule has 0 unspecified atom stereocenters. The van der Waals surface area contributed by atoms with E-state index in [0.29, 0.717) is 15.7 Å². The highest BCUT2D eigenvalue weighted by atomic mass is 32.2. The molecular formula is C18H14N4O3S2. The van der Waals surface area contributed by atoms with Gasteiger partial charge >= 0.3 is 5.97 Å². The van der Waals surface area contributed by atoms with Crippen molar-refractivity contribution in [3.8, 4) is 11.8 Å². The molecule has 3 rings (SSSR count). The number of ether oxygens (including phenoxy) is 1. The first kappa shape index (κ1) is 18.7. The van der Waals surface area contributed by atoms with Crippen LogP contribution in [0.15, 0.2) is 53.1 Å². The number of thioether (sulfide) groups is 1. The van der Waals surface area contributed by atoms with Gasteiger partial charge in [0.25, 0.3) is 5.91 Å². The Labute approximate surface area is 163 Å². The number of imidazole rings is 1. The molecule has 0 aliphatic carbocycles. The number of hydrogen-bond donors (Lipinski definition) is 1. The summed E-state index contributed by atoms with van der Waals surface area (Å²) >= 11 is 2.62. The lowest BCUT2D eigenvalue weighted by molar-refractivity contribution is -0.119. The van der Waals surface area contributed by atoms with Gasteiger partial charge in [0.2, 0.25) is 0 Å². The quantitative estimate of drug-likeness (QED) is 0.505. The summed E-state index contributed by atoms with van der Waals surface area (Å²) < 4.78 is 6.81. The van der Waals surface area contributed by atoms with Crippen LogP contribution in [0.3, 0.4) is 0 Å². The Balaban J connectivity index is 1.71. The van der Waals surface area contributed by atoms with Crippen LogP contribution in [0, 0.1) is 11.3 Å². The average molecular weight is 398 g/mol. The van der Waals surface area contributed by atoms with Crippen LogP contribution in [0.25, 0.3) is 5.69 Å². The summed E-state index contributed by atoms with van der Waals surface area (Å²) in [5, 5.41) is 14.3. The highest BCUT2D eigenvalue weighted by Crippen LogP contribution is 2.23. The van der Waals surface area contributed by atoms with E-state index in [1.54, 1.807) is 16.0 Å². The van der Waals surface area contributed by atoms with Crippen LogP contribution in [0.2, 0.25) is 0 Å². The number of para-hydroxylation sites is 1. The molecule has 0 saturated carbocycles. The Morgan fingerprint density at radius 3 is 2.81 bits per heavy atom. The second kappa shape index (κ2) is 8.53. The van der Waals surface area contributed by atoms with Crippen molar-refractivity contribution in [3.05, 3.63) is 59.2 Å². The first-order chi connectivity index (χ1) is 13.1. The molecule has 2 aromatic heterocycles. The number of thiophene rings is 1. The van der Waals surface area contributed by atoms with Gasteiger partial charge in [0.15, 0.2) is 17.5 Å². The van der Waals surface area contributed by atoms with Crippen LogP contribution < -0.4 is 5.32 Å². The highest BCUT2D eigenvalue weighted by molar-refractivity contribution is 7.98. The summed E-state index contributed by atoms with van der Waals surface area (Å²) in [7, 11) is 0. The SMILES string of the molecule is CSc1ncc(C(=O)OCC(=O)Nc2sccc2C#N)n1-c1ccccc1. The van der Waals surface area contributed by atoms with Crippen molar-refractivity contribution in [2.45, 2.75) is 5.16 Å². The molecule has 7 nitrogen and oxygen atoms in total. The van der Waals surface area contributed by atoms with Crippen molar-refractivity contribution in [3.63, 3.8) is 0 Å². The lowest BCUT2D eigenvalue weighted by atomic mass is 10.3. The molecule has 136 valence electrons. The summed E-state index contributed by atoms with van der Waals surface area (Å²) in [6.07, 6.45) is 3.28. The van der Waals surface area contributed by atoms with E-state index in [1.807, 2.05) is 42.7 Å². The largest absolute Gasteiger partial charge is 0.451 e. The van der Waals surface area contributed by atoms with Crippen molar-refractivity contribution < 1.29 is 14.3 Å². The number of anilines is 1. The molecule has 0 aliphatic heterocycles. The van der Waals surface area contributed by atoms with Gasteiger partial charge in [-0.2, -0.15) is 5.26 Å². The number of benzene rings is 1. The zero-order chi connectivity index (χ0) is 19.2. The molecular weight excluding hydrogens is 384 g/mol. The number of nitrogens with one attached hydrogen (secondary N) is 1. The number of amides is 1. The van der Waals surface area contributed by atoms with E-state index in [1.165, 1.54) is 29.3 Å². The van der Waals surface area contributed by atoms with E-state index >= 15 is 0 Å². The summed E-state index contributed by atoms with van der Waals surface area (Å²) in [6.45, 7) is -0.462. The third-order valence-electron chi connectivity index (χ3n) is 3.51. The minimum atomic E-state index is -0.659. The fourth-order valence-corrected chi connectivity index (χ4v) is 3.61. The number of aromatic nitrogens is 2. The molecule has 1 amide bonds. The zero-order valence-electron chi connectivity index (χ0n) is 14.2. The number of nitrogens with zero attached hydrogens (tertiary/aromatic N) is 3. The van der Waals surface area contributed by atoms with Gasteiger partial charge in [0.05, 0.1) is 11.8 Å². The number of carbonyl (C=O) groups excluding carboxylic acids is 2. The van der Waals surface area contributed by atoms with Crippen LogP contribution in [-0.4, -0.2) is 34.3 Å². The van der Waals surface area contributed by atoms with Gasteiger partial charge in [-0.3, -0.25) is 9.36 Å². The monoisotopic (exact) mass is 398 g/mol. The van der Waals surface area contributed by atoms with Gasteiger partial charge in [0.1, 0.15) is 11.1 Å². The van der Waals surface area contributed by atoms with E-state index in [0.717, 1.165) is 5.69 Å². The van der Waals surface area contributed by atoms with E-state index in [4.69, 9.17) is 10.00 Å². The molecule has 0 saturated heterocycles. The first-order valence-corrected chi connectivity index (χ1v) is 9.86. The van der Waals surface area contributed by atoms with Crippen molar-refractivity contribution in [1.29, 1.82) is 5.26 Å². The number of hydrogen-bond acceptors (Lipinski definition) is 7. The fraction of sp³-hybridized carbons (Fsp3) is 0.111. The van der Waals surface area contributed by atoms with Crippen LogP contribution >= 0.6 is 23.1 Å². The molecule has 0 fully saturated rings. The van der Waals surface area contributed by atoms with Gasteiger partial charge < -0.3 is 10.1 Å². The zero-order valence-corrected chi connectivity index (χ0v) is 15.8. The Morgan fingerprint density at radius 2 is 2.11 bits per heavy atom. The lowest BCUT2D eigenvalue weighted by Crippen LogP contribution is -2.22. The smallest absolute Gasteiger partial charge is 0.357 e. The Morgan fingerprint density at radius 1 is 1.33 bits per heavy atom. The average Bonchev–Trinajstić information content (AvgIpc) is 3.33. The molecule has 27 heavy (non-hydrogen) atoms. The number of nitriles is 1. The Kier molecular flexibility index (Phi) is 5.90. The minimum Gasteiger partial charge on any atom is -0.451 e. The maximum absolute atomic E-state index is 12.5. The number of esters is 1. The Bertz CT molecular complexity index is 1010. The summed E-state index contributed by atoms with van der Waals surface area (Å²) in [6, 6.07) is 12.9. The summed E-state index contributed by atoms with van der Waals surface area (Å²) in [5.74, 6) is -1.17. The topological polar surface area (TPSA) is 97.0 Å². The molecule has 1 aromatic carbocycles. The second-order valence-electron chi connectivity index (χ2n) is 5.20. The van der Waals surface area contributed by atoms with E-state index in [-0.39, 0.29) is 5.69 Å².